The third-order valence-electron chi connectivity index (χ3n) is 7.48. The Bertz CT molecular complexity index is 1460. The number of piperazine rings is 1. The van der Waals surface area contributed by atoms with Crippen molar-refractivity contribution in [3.05, 3.63) is 83.0 Å². The van der Waals surface area contributed by atoms with Crippen molar-refractivity contribution < 1.29 is 22.6 Å². The van der Waals surface area contributed by atoms with E-state index in [0.29, 0.717) is 17.3 Å². The Morgan fingerprint density at radius 1 is 0.927 bits per heavy atom. The second-order valence-electron chi connectivity index (χ2n) is 10.3. The van der Waals surface area contributed by atoms with Crippen LogP contribution in [0.3, 0.4) is 0 Å². The fourth-order valence-corrected chi connectivity index (χ4v) is 5.66. The highest BCUT2D eigenvalue weighted by Crippen LogP contribution is 2.34. The van der Waals surface area contributed by atoms with Crippen molar-refractivity contribution in [3.8, 4) is 22.6 Å². The molecular formula is C31H34ClF3N4O2. The van der Waals surface area contributed by atoms with Gasteiger partial charge in [-0.3, -0.25) is 9.80 Å². The lowest BCUT2D eigenvalue weighted by Gasteiger charge is -2.35. The first-order valence-corrected chi connectivity index (χ1v) is 14.1. The van der Waals surface area contributed by atoms with E-state index >= 15 is 0 Å². The average molecular weight is 587 g/mol. The number of benzene rings is 3. The first-order chi connectivity index (χ1) is 19.7. The van der Waals surface area contributed by atoms with E-state index < -0.39 is 6.36 Å². The first kappa shape index (κ1) is 29.3. The topological polar surface area (TPSA) is 55.9 Å². The minimum absolute atomic E-state index is 0.235. The number of ether oxygens (including phenoxy) is 2. The molecule has 0 amide bonds. The average Bonchev–Trinajstić information content (AvgIpc) is 3.31. The van der Waals surface area contributed by atoms with Gasteiger partial charge in [-0.15, -0.1) is 13.2 Å². The fourth-order valence-electron chi connectivity index (χ4n) is 5.40. The summed E-state index contributed by atoms with van der Waals surface area (Å²) in [5.74, 6) is 0.460. The summed E-state index contributed by atoms with van der Waals surface area (Å²) in [6.07, 6.45) is -1.83. The molecule has 1 fully saturated rings. The maximum absolute atomic E-state index is 12.6. The highest BCUT2D eigenvalue weighted by atomic mass is 35.5. The first-order valence-electron chi connectivity index (χ1n) is 13.7. The highest BCUT2D eigenvalue weighted by molar-refractivity contribution is 6.32. The van der Waals surface area contributed by atoms with E-state index in [4.69, 9.17) is 22.1 Å². The Labute approximate surface area is 243 Å². The molecule has 10 heteroatoms. The van der Waals surface area contributed by atoms with Crippen molar-refractivity contribution in [2.75, 3.05) is 39.8 Å². The van der Waals surface area contributed by atoms with Crippen LogP contribution < -0.4 is 15.2 Å². The summed E-state index contributed by atoms with van der Waals surface area (Å²) in [4.78, 5) is 4.85. The number of aryl methyl sites for hydroxylation is 1. The van der Waals surface area contributed by atoms with Crippen LogP contribution in [0.5, 0.6) is 11.5 Å². The van der Waals surface area contributed by atoms with E-state index in [1.807, 2.05) is 18.2 Å². The van der Waals surface area contributed by atoms with Gasteiger partial charge in [-0.1, -0.05) is 41.9 Å². The maximum Gasteiger partial charge on any atom is 0.573 e. The number of aromatic nitrogens is 1. The Balaban J connectivity index is 1.30. The number of hydrogen-bond acceptors (Lipinski definition) is 5. The number of nitrogens with zero attached hydrogens (tertiary/aromatic N) is 3. The Morgan fingerprint density at radius 2 is 1.63 bits per heavy atom. The minimum atomic E-state index is -4.72. The maximum atomic E-state index is 12.6. The van der Waals surface area contributed by atoms with E-state index in [1.54, 1.807) is 19.2 Å². The third-order valence-corrected chi connectivity index (χ3v) is 7.90. The third kappa shape index (κ3) is 7.16. The van der Waals surface area contributed by atoms with Gasteiger partial charge in [-0.25, -0.2) is 0 Å². The van der Waals surface area contributed by atoms with E-state index in [-0.39, 0.29) is 5.75 Å². The highest BCUT2D eigenvalue weighted by Gasteiger charge is 2.31. The van der Waals surface area contributed by atoms with E-state index in [9.17, 15) is 13.2 Å². The van der Waals surface area contributed by atoms with Gasteiger partial charge in [0.05, 0.1) is 12.1 Å². The second-order valence-corrected chi connectivity index (χ2v) is 10.7. The van der Waals surface area contributed by atoms with Crippen molar-refractivity contribution in [3.63, 3.8) is 0 Å². The van der Waals surface area contributed by atoms with Crippen LogP contribution in [0.1, 0.15) is 17.5 Å². The second kappa shape index (κ2) is 12.7. The van der Waals surface area contributed by atoms with Gasteiger partial charge in [0.25, 0.3) is 0 Å². The molecule has 0 spiro atoms. The number of rotatable bonds is 10. The number of hydrogen-bond donors (Lipinski definition) is 1. The molecule has 1 aliphatic rings. The van der Waals surface area contributed by atoms with Crippen LogP contribution in [-0.4, -0.2) is 60.6 Å². The number of alkyl halides is 3. The van der Waals surface area contributed by atoms with Gasteiger partial charge in [0.2, 0.25) is 0 Å². The number of fused-ring (bicyclic) bond motifs is 1. The van der Waals surface area contributed by atoms with Gasteiger partial charge < -0.3 is 19.8 Å². The zero-order valence-corrected chi connectivity index (χ0v) is 23.7. The molecule has 0 aliphatic carbocycles. The van der Waals surface area contributed by atoms with Crippen LogP contribution in [0.2, 0.25) is 5.02 Å². The largest absolute Gasteiger partial charge is 0.573 e. The van der Waals surface area contributed by atoms with Crippen LogP contribution in [0, 0.1) is 0 Å². The molecule has 2 heterocycles. The minimum Gasteiger partial charge on any atom is -0.495 e. The molecular weight excluding hydrogens is 553 g/mol. The van der Waals surface area contributed by atoms with Crippen molar-refractivity contribution in [1.82, 2.24) is 14.4 Å². The van der Waals surface area contributed by atoms with Crippen LogP contribution in [0.15, 0.2) is 66.9 Å². The Kier molecular flexibility index (Phi) is 9.09. The lowest BCUT2D eigenvalue weighted by molar-refractivity contribution is -0.274. The smallest absolute Gasteiger partial charge is 0.495 e. The van der Waals surface area contributed by atoms with Crippen LogP contribution >= 0.6 is 11.6 Å². The molecule has 0 atom stereocenters. The molecule has 1 aliphatic heterocycles. The van der Waals surface area contributed by atoms with Gasteiger partial charge in [0.1, 0.15) is 11.5 Å². The molecule has 5 rings (SSSR count). The molecule has 41 heavy (non-hydrogen) atoms. The monoisotopic (exact) mass is 586 g/mol. The van der Waals surface area contributed by atoms with Gasteiger partial charge in [-0.2, -0.15) is 0 Å². The van der Waals surface area contributed by atoms with Crippen LogP contribution in [0.25, 0.3) is 22.0 Å². The van der Waals surface area contributed by atoms with Gasteiger partial charge in [0, 0.05) is 68.5 Å². The lowest BCUT2D eigenvalue weighted by Crippen LogP contribution is -2.45. The lowest BCUT2D eigenvalue weighted by atomic mass is 10.0. The van der Waals surface area contributed by atoms with Crippen LogP contribution in [-0.2, 0) is 19.6 Å². The Morgan fingerprint density at radius 3 is 2.29 bits per heavy atom. The van der Waals surface area contributed by atoms with E-state index in [2.05, 4.69) is 43.5 Å². The molecule has 4 aromatic rings. The number of methoxy groups -OCH3 is 1. The summed E-state index contributed by atoms with van der Waals surface area (Å²) in [5, 5.41) is 1.73. The van der Waals surface area contributed by atoms with Crippen LogP contribution in [0.4, 0.5) is 13.2 Å². The van der Waals surface area contributed by atoms with Gasteiger partial charge in [0.15, 0.2) is 0 Å². The predicted octanol–water partition coefficient (Wildman–Crippen LogP) is 6.54. The molecule has 0 unspecified atom stereocenters. The molecule has 0 bridgehead atoms. The van der Waals surface area contributed by atoms with E-state index in [0.717, 1.165) is 79.8 Å². The van der Waals surface area contributed by atoms with Crippen molar-refractivity contribution in [1.29, 1.82) is 0 Å². The molecule has 0 saturated carbocycles. The molecule has 2 N–H and O–H groups in total. The standard InChI is InChI=1S/C31H34ClF3N4O2/c1-40-29-5-2-4-24(30(29)32)20-38-16-14-37(15-17-38)19-22-6-11-28-26(18-22)27(21-39(28)13-3-12-36)23-7-9-25(10-8-23)41-31(33,34)35/h2,4-11,18,21H,3,12-17,19-20,36H2,1H3. The zero-order valence-electron chi connectivity index (χ0n) is 23.0. The van der Waals surface area contributed by atoms with Gasteiger partial charge >= 0.3 is 6.36 Å². The normalized spacial score (nSPS) is 15.0. The number of nitrogens with two attached hydrogens (primary N) is 1. The molecule has 3 aromatic carbocycles. The zero-order chi connectivity index (χ0) is 29.0. The fraction of sp³-hybridized carbons (Fsp3) is 0.355. The molecule has 1 aromatic heterocycles. The number of halogens is 4. The van der Waals surface area contributed by atoms with Gasteiger partial charge in [-0.05, 0) is 60.0 Å². The Hall–Kier alpha value is -3.24. The summed E-state index contributed by atoms with van der Waals surface area (Å²) in [5.41, 5.74) is 10.9. The molecule has 1 saturated heterocycles. The molecule has 6 nitrogen and oxygen atoms in total. The SMILES string of the molecule is COc1cccc(CN2CCN(Cc3ccc4c(c3)c(-c3ccc(OC(F)(F)F)cc3)cn4CCCN)CC2)c1Cl. The summed E-state index contributed by atoms with van der Waals surface area (Å²) in [6.45, 7) is 6.67. The summed E-state index contributed by atoms with van der Waals surface area (Å²) < 4.78 is 49.5. The predicted molar refractivity (Wildman–Crippen MR) is 156 cm³/mol. The molecule has 0 radical (unpaired) electrons. The summed E-state index contributed by atoms with van der Waals surface area (Å²) >= 11 is 6.51. The molecule has 218 valence electrons. The van der Waals surface area contributed by atoms with E-state index in [1.165, 1.54) is 17.7 Å². The summed E-state index contributed by atoms with van der Waals surface area (Å²) in [6, 6.07) is 18.4. The van der Waals surface area contributed by atoms with Crippen molar-refractivity contribution >= 4 is 22.5 Å². The summed E-state index contributed by atoms with van der Waals surface area (Å²) in [7, 11) is 1.63. The van der Waals surface area contributed by atoms with Crippen molar-refractivity contribution in [2.24, 2.45) is 5.73 Å². The quantitative estimate of drug-likeness (QED) is 0.229. The van der Waals surface area contributed by atoms with Crippen molar-refractivity contribution in [2.45, 2.75) is 32.4 Å².